The highest BCUT2D eigenvalue weighted by Crippen LogP contribution is 2.35. The Morgan fingerprint density at radius 1 is 0.938 bits per heavy atom. The second kappa shape index (κ2) is 23.1. The zero-order chi connectivity index (χ0) is 46.8. The Morgan fingerprint density at radius 3 is 2.43 bits per heavy atom. The largest absolute Gasteiger partial charge is 0.462 e. The van der Waals surface area contributed by atoms with Crippen LogP contribution in [0.4, 0.5) is 0 Å². The summed E-state index contributed by atoms with van der Waals surface area (Å²) in [6.07, 6.45) is 2.63. The number of allylic oxidation sites excluding steroid dienone is 3. The highest BCUT2D eigenvalue weighted by atomic mass is 16.7. The monoisotopic (exact) mass is 897 g/mol. The molecule has 1 fully saturated rings. The minimum atomic E-state index is -1.28. The van der Waals surface area contributed by atoms with Crippen LogP contribution in [0.25, 0.3) is 16.6 Å². The molecule has 15 nitrogen and oxygen atoms in total. The molecule has 0 saturated carbocycles. The molecule has 2 aliphatic heterocycles. The summed E-state index contributed by atoms with van der Waals surface area (Å²) in [4.78, 5) is 36.1. The molecule has 0 aliphatic carbocycles. The average molecular weight is 897 g/mol. The predicted octanol–water partition coefficient (Wildman–Crippen LogP) is 5.03. The fraction of sp³-hybridized carbons (Fsp3) is 0.540. The first-order valence-corrected chi connectivity index (χ1v) is 22.9. The number of ether oxygens (including phenoxy) is 3. The van der Waals surface area contributed by atoms with Crippen LogP contribution in [0.5, 0.6) is 0 Å². The Hall–Kier alpha value is -4.71. The number of aliphatic hydroxyl groups is 4. The first-order chi connectivity index (χ1) is 31.2. The molecule has 15 heteroatoms. The Balaban J connectivity index is 1.37. The summed E-state index contributed by atoms with van der Waals surface area (Å²) < 4.78 is 20.7. The van der Waals surface area contributed by atoms with Gasteiger partial charge < -0.3 is 39.5 Å². The molecule has 0 bridgehead atoms. The number of fused-ring (bicyclic) bond motifs is 1. The van der Waals surface area contributed by atoms with Gasteiger partial charge in [0.1, 0.15) is 12.2 Å². The molecule has 4 N–H and O–H groups in total. The lowest BCUT2D eigenvalue weighted by Gasteiger charge is -2.46. The van der Waals surface area contributed by atoms with E-state index >= 15 is 0 Å². The summed E-state index contributed by atoms with van der Waals surface area (Å²) in [7, 11) is 3.53. The summed E-state index contributed by atoms with van der Waals surface area (Å²) in [6.45, 7) is 10.3. The summed E-state index contributed by atoms with van der Waals surface area (Å²) >= 11 is 0. The predicted molar refractivity (Wildman–Crippen MR) is 246 cm³/mol. The molecule has 2 aromatic carbocycles. The maximum absolute atomic E-state index is 14.0. The lowest BCUT2D eigenvalue weighted by atomic mass is 9.79. The van der Waals surface area contributed by atoms with Crippen molar-refractivity contribution in [3.63, 3.8) is 0 Å². The van der Waals surface area contributed by atoms with Gasteiger partial charge >= 0.3 is 5.97 Å². The maximum Gasteiger partial charge on any atom is 0.308 e. The van der Waals surface area contributed by atoms with Gasteiger partial charge in [0, 0.05) is 42.4 Å². The van der Waals surface area contributed by atoms with Crippen LogP contribution >= 0.6 is 0 Å². The molecule has 0 spiro atoms. The number of aliphatic hydroxyl groups excluding tert-OH is 4. The molecule has 2 aliphatic rings. The second-order valence-electron chi connectivity index (χ2n) is 18.2. The number of aromatic nitrogens is 4. The van der Waals surface area contributed by atoms with Crippen molar-refractivity contribution in [3.8, 4) is 5.69 Å². The van der Waals surface area contributed by atoms with Crippen molar-refractivity contribution in [2.45, 2.75) is 122 Å². The smallest absolute Gasteiger partial charge is 0.308 e. The summed E-state index contributed by atoms with van der Waals surface area (Å²) in [6, 6.07) is 19.2. The van der Waals surface area contributed by atoms with E-state index in [-0.39, 0.29) is 18.8 Å². The van der Waals surface area contributed by atoms with Crippen LogP contribution in [0.1, 0.15) is 71.6 Å². The number of hydrogen-bond acceptors (Lipinski definition) is 14. The first kappa shape index (κ1) is 49.7. The van der Waals surface area contributed by atoms with Crippen molar-refractivity contribution in [2.24, 2.45) is 23.7 Å². The first-order valence-electron chi connectivity index (χ1n) is 22.9. The molecule has 65 heavy (non-hydrogen) atoms. The molecule has 12 atom stereocenters. The molecule has 4 aromatic rings. The molecular formula is C50H68N6O9. The topological polar surface area (TPSA) is 193 Å². The Kier molecular flexibility index (Phi) is 17.7. The number of esters is 1. The summed E-state index contributed by atoms with van der Waals surface area (Å²) in [5.41, 5.74) is 4.26. The van der Waals surface area contributed by atoms with Gasteiger partial charge in [0.05, 0.1) is 66.6 Å². The fourth-order valence-corrected chi connectivity index (χ4v) is 9.27. The van der Waals surface area contributed by atoms with Gasteiger partial charge in [-0.15, -0.1) is 5.10 Å². The van der Waals surface area contributed by atoms with Crippen LogP contribution in [0, 0.1) is 23.7 Å². The standard InChI is InChI=1S/C50H68N6O9/c1-8-44-37(30-57)24-31(2)19-20-42(58)32(3)25-36(49(33(4)43(59)26-45(60)64-44)65-50-48(62)46(54(6)7)47(61)34(5)63-50)21-23-55(27-35-14-10-9-11-15-35)28-38-29-56(53-52-38)41-18-12-17-40-39(41)16-13-22-51-40/h9-20,22,24,29,32-34,36-37,43-44,46-50,57,59,61-62H,8,21,23,25-28,30H2,1-7H3/b20-19+,31-24+/t32-,33+,34-,36+,37-,43-,44-,46?,47?,48?,49-,50+/m1/s1. The normalized spacial score (nSPS) is 31.2. The van der Waals surface area contributed by atoms with E-state index in [0.717, 1.165) is 33.4 Å². The minimum absolute atomic E-state index is 0.111. The van der Waals surface area contributed by atoms with Crippen LogP contribution in [0.2, 0.25) is 0 Å². The third-order valence-corrected chi connectivity index (χ3v) is 13.0. The molecular weight excluding hydrogens is 829 g/mol. The summed E-state index contributed by atoms with van der Waals surface area (Å²) in [5.74, 6) is -2.91. The third kappa shape index (κ3) is 12.8. The van der Waals surface area contributed by atoms with E-state index in [1.165, 1.54) is 0 Å². The Bertz CT molecular complexity index is 2210. The van der Waals surface area contributed by atoms with E-state index in [2.05, 4.69) is 32.3 Å². The zero-order valence-electron chi connectivity index (χ0n) is 38.8. The van der Waals surface area contributed by atoms with Crippen LogP contribution in [-0.4, -0.2) is 138 Å². The van der Waals surface area contributed by atoms with Crippen LogP contribution in [-0.2, 0) is 36.9 Å². The molecule has 2 aromatic heterocycles. The van der Waals surface area contributed by atoms with Gasteiger partial charge in [-0.05, 0) is 95.6 Å². The molecule has 0 radical (unpaired) electrons. The van der Waals surface area contributed by atoms with Crippen molar-refractivity contribution < 1.29 is 44.2 Å². The number of hydrogen-bond donors (Lipinski definition) is 4. The van der Waals surface area contributed by atoms with Crippen molar-refractivity contribution in [3.05, 3.63) is 108 Å². The number of cyclic esters (lactones) is 1. The summed E-state index contributed by atoms with van der Waals surface area (Å²) in [5, 5.41) is 55.1. The molecule has 6 rings (SSSR count). The molecule has 4 heterocycles. The van der Waals surface area contributed by atoms with Gasteiger partial charge in [0.25, 0.3) is 0 Å². The highest BCUT2D eigenvalue weighted by Gasteiger charge is 2.47. The SMILES string of the molecule is CC[C@H]1OC(=O)C[C@@H](O)[C@H](C)[C@@H](O[C@@H]2O[C@H](C)C(O)C(N(C)C)C2O)[C@@H](CCN(Cc2ccccc2)Cc2cn(-c3cccc4ncccc34)nn2)C[C@@H](C)C(=O)/C=C/C(C)=C/[C@@H]1CO. The average Bonchev–Trinajstić information content (AvgIpc) is 3.76. The zero-order valence-corrected chi connectivity index (χ0v) is 38.8. The van der Waals surface area contributed by atoms with Gasteiger partial charge in [0.15, 0.2) is 12.1 Å². The van der Waals surface area contributed by atoms with Crippen LogP contribution in [0.3, 0.4) is 0 Å². The number of nitrogens with zero attached hydrogens (tertiary/aromatic N) is 6. The third-order valence-electron chi connectivity index (χ3n) is 13.0. The van der Waals surface area contributed by atoms with Crippen molar-refractivity contribution in [1.82, 2.24) is 29.8 Å². The Labute approximate surface area is 382 Å². The number of carbonyl (C=O) groups is 2. The second-order valence-corrected chi connectivity index (χ2v) is 18.2. The van der Waals surface area contributed by atoms with Crippen molar-refractivity contribution in [1.29, 1.82) is 0 Å². The van der Waals surface area contributed by atoms with Crippen LogP contribution in [0.15, 0.2) is 96.9 Å². The maximum atomic E-state index is 14.0. The minimum Gasteiger partial charge on any atom is -0.462 e. The van der Waals surface area contributed by atoms with Gasteiger partial charge in [-0.3, -0.25) is 19.5 Å². The number of carbonyl (C=O) groups excluding carboxylic acids is 2. The van der Waals surface area contributed by atoms with E-state index in [0.29, 0.717) is 38.9 Å². The Morgan fingerprint density at radius 2 is 1.71 bits per heavy atom. The number of ketones is 1. The molecule has 352 valence electrons. The molecule has 1 saturated heterocycles. The number of likely N-dealkylation sites (N-methyl/N-ethyl adjacent to an activating group) is 1. The van der Waals surface area contributed by atoms with Gasteiger partial charge in [-0.1, -0.05) is 80.1 Å². The fourth-order valence-electron chi connectivity index (χ4n) is 9.27. The van der Waals surface area contributed by atoms with E-state index in [1.807, 2.05) is 75.5 Å². The number of rotatable bonds is 13. The van der Waals surface area contributed by atoms with Crippen molar-refractivity contribution in [2.75, 3.05) is 27.2 Å². The van der Waals surface area contributed by atoms with E-state index < -0.39 is 78.6 Å². The lowest BCUT2D eigenvalue weighted by Crippen LogP contribution is -2.63. The van der Waals surface area contributed by atoms with Gasteiger partial charge in [-0.2, -0.15) is 0 Å². The van der Waals surface area contributed by atoms with Crippen LogP contribution < -0.4 is 0 Å². The molecule has 0 amide bonds. The number of pyridine rings is 1. The number of benzene rings is 2. The van der Waals surface area contributed by atoms with E-state index in [1.54, 1.807) is 61.9 Å². The quantitative estimate of drug-likeness (QED) is 0.131. The van der Waals surface area contributed by atoms with E-state index in [4.69, 9.17) is 14.2 Å². The van der Waals surface area contributed by atoms with E-state index in [9.17, 15) is 30.0 Å². The highest BCUT2D eigenvalue weighted by molar-refractivity contribution is 5.91. The van der Waals surface area contributed by atoms with Crippen molar-refractivity contribution >= 4 is 22.7 Å². The van der Waals surface area contributed by atoms with Gasteiger partial charge in [-0.25, -0.2) is 4.68 Å². The van der Waals surface area contributed by atoms with Gasteiger partial charge in [0.2, 0.25) is 0 Å². The molecule has 3 unspecified atom stereocenters. The lowest BCUT2D eigenvalue weighted by molar-refractivity contribution is -0.304.